The molecule has 0 spiro atoms. The standard InChI is InChI=1S/C16H17ClN4/c1-20(2)12-5-7-13(8-6-12)21-15(9-10-17)19-14-4-3-11-18-16(14)21/h3-8,11H,9-10H2,1-2H3. The zero-order valence-corrected chi connectivity index (χ0v) is 12.9. The minimum absolute atomic E-state index is 0.541. The van der Waals surface area contributed by atoms with Gasteiger partial charge < -0.3 is 4.90 Å². The Kier molecular flexibility index (Phi) is 3.80. The lowest BCUT2D eigenvalue weighted by molar-refractivity contribution is 0.905. The second-order valence-corrected chi connectivity index (χ2v) is 5.44. The molecular formula is C16H17ClN4. The van der Waals surface area contributed by atoms with Gasteiger partial charge in [0.15, 0.2) is 5.65 Å². The molecule has 0 aliphatic carbocycles. The number of aryl methyl sites for hydroxylation is 1. The monoisotopic (exact) mass is 300 g/mol. The summed E-state index contributed by atoms with van der Waals surface area (Å²) < 4.78 is 2.08. The number of rotatable bonds is 4. The van der Waals surface area contributed by atoms with Gasteiger partial charge in [0.2, 0.25) is 0 Å². The van der Waals surface area contributed by atoms with Crippen LogP contribution in [0.2, 0.25) is 0 Å². The summed E-state index contributed by atoms with van der Waals surface area (Å²) in [5, 5.41) is 0. The van der Waals surface area contributed by atoms with Gasteiger partial charge in [-0.25, -0.2) is 9.97 Å². The Balaban J connectivity index is 2.15. The number of alkyl halides is 1. The summed E-state index contributed by atoms with van der Waals surface area (Å²) in [5.74, 6) is 1.48. The Labute approximate surface area is 129 Å². The second-order valence-electron chi connectivity index (χ2n) is 5.06. The molecule has 0 atom stereocenters. The Morgan fingerprint density at radius 2 is 1.90 bits per heavy atom. The molecule has 1 aromatic carbocycles. The van der Waals surface area contributed by atoms with Crippen LogP contribution < -0.4 is 4.90 Å². The van der Waals surface area contributed by atoms with Crippen LogP contribution in [-0.4, -0.2) is 34.5 Å². The van der Waals surface area contributed by atoms with Crippen molar-refractivity contribution < 1.29 is 0 Å². The van der Waals surface area contributed by atoms with E-state index in [1.165, 1.54) is 0 Å². The number of nitrogens with zero attached hydrogens (tertiary/aromatic N) is 4. The first kappa shape index (κ1) is 13.9. The van der Waals surface area contributed by atoms with Crippen molar-refractivity contribution in [1.29, 1.82) is 0 Å². The van der Waals surface area contributed by atoms with Crippen molar-refractivity contribution in [2.24, 2.45) is 0 Å². The maximum Gasteiger partial charge on any atom is 0.164 e. The van der Waals surface area contributed by atoms with Gasteiger partial charge in [-0.05, 0) is 36.4 Å². The quantitative estimate of drug-likeness (QED) is 0.694. The third-order valence-corrected chi connectivity index (χ3v) is 3.62. The number of pyridine rings is 1. The molecule has 0 aliphatic heterocycles. The summed E-state index contributed by atoms with van der Waals surface area (Å²) >= 11 is 5.91. The van der Waals surface area contributed by atoms with E-state index in [1.807, 2.05) is 26.2 Å². The van der Waals surface area contributed by atoms with E-state index in [4.69, 9.17) is 11.6 Å². The van der Waals surface area contributed by atoms with E-state index in [9.17, 15) is 0 Å². The Morgan fingerprint density at radius 1 is 1.14 bits per heavy atom. The highest BCUT2D eigenvalue weighted by Gasteiger charge is 2.12. The predicted molar refractivity (Wildman–Crippen MR) is 87.6 cm³/mol. The van der Waals surface area contributed by atoms with Crippen molar-refractivity contribution in [1.82, 2.24) is 14.5 Å². The van der Waals surface area contributed by atoms with Crippen molar-refractivity contribution in [3.05, 3.63) is 48.4 Å². The minimum atomic E-state index is 0.541. The molecule has 21 heavy (non-hydrogen) atoms. The van der Waals surface area contributed by atoms with Crippen LogP contribution in [0.25, 0.3) is 16.9 Å². The number of aromatic nitrogens is 3. The van der Waals surface area contributed by atoms with E-state index in [0.29, 0.717) is 12.3 Å². The van der Waals surface area contributed by atoms with Crippen molar-refractivity contribution in [3.8, 4) is 5.69 Å². The number of halogens is 1. The van der Waals surface area contributed by atoms with Crippen molar-refractivity contribution in [2.45, 2.75) is 6.42 Å². The van der Waals surface area contributed by atoms with Crippen LogP contribution >= 0.6 is 11.6 Å². The van der Waals surface area contributed by atoms with Gasteiger partial charge in [-0.1, -0.05) is 0 Å². The van der Waals surface area contributed by atoms with E-state index in [0.717, 1.165) is 28.4 Å². The van der Waals surface area contributed by atoms with Gasteiger partial charge in [0.25, 0.3) is 0 Å². The van der Waals surface area contributed by atoms with Gasteiger partial charge in [0.1, 0.15) is 11.3 Å². The number of fused-ring (bicyclic) bond motifs is 1. The fourth-order valence-electron chi connectivity index (χ4n) is 2.38. The molecule has 0 unspecified atom stereocenters. The van der Waals surface area contributed by atoms with E-state index in [2.05, 4.69) is 43.7 Å². The maximum absolute atomic E-state index is 5.91. The highest BCUT2D eigenvalue weighted by molar-refractivity contribution is 6.17. The molecule has 0 saturated carbocycles. The predicted octanol–water partition coefficient (Wildman–Crippen LogP) is 3.27. The molecular weight excluding hydrogens is 284 g/mol. The van der Waals surface area contributed by atoms with Gasteiger partial charge >= 0.3 is 0 Å². The average molecular weight is 301 g/mol. The number of anilines is 1. The third kappa shape index (κ3) is 2.59. The first-order valence-electron chi connectivity index (χ1n) is 6.87. The van der Waals surface area contributed by atoms with Crippen LogP contribution in [0.4, 0.5) is 5.69 Å². The van der Waals surface area contributed by atoms with E-state index >= 15 is 0 Å². The fraction of sp³-hybridized carbons (Fsp3) is 0.250. The SMILES string of the molecule is CN(C)c1ccc(-n2c(CCCl)nc3cccnc32)cc1. The molecule has 2 heterocycles. The van der Waals surface area contributed by atoms with E-state index in [-0.39, 0.29) is 0 Å². The summed E-state index contributed by atoms with van der Waals surface area (Å²) in [7, 11) is 4.06. The molecule has 0 radical (unpaired) electrons. The maximum atomic E-state index is 5.91. The number of benzene rings is 1. The molecule has 0 amide bonds. The molecule has 0 bridgehead atoms. The number of imidazole rings is 1. The lowest BCUT2D eigenvalue weighted by Gasteiger charge is -2.14. The van der Waals surface area contributed by atoms with Crippen molar-refractivity contribution in [2.75, 3.05) is 24.9 Å². The van der Waals surface area contributed by atoms with Crippen LogP contribution in [-0.2, 0) is 6.42 Å². The third-order valence-electron chi connectivity index (χ3n) is 3.43. The average Bonchev–Trinajstić information content (AvgIpc) is 2.85. The zero-order chi connectivity index (χ0) is 14.8. The van der Waals surface area contributed by atoms with Crippen molar-refractivity contribution in [3.63, 3.8) is 0 Å². The molecule has 108 valence electrons. The van der Waals surface area contributed by atoms with E-state index in [1.54, 1.807) is 6.20 Å². The Hall–Kier alpha value is -2.07. The molecule has 3 rings (SSSR count). The van der Waals surface area contributed by atoms with Crippen LogP contribution in [0.15, 0.2) is 42.6 Å². The second kappa shape index (κ2) is 5.74. The lowest BCUT2D eigenvalue weighted by Crippen LogP contribution is -2.09. The van der Waals surface area contributed by atoms with Gasteiger partial charge in [-0.15, -0.1) is 11.6 Å². The molecule has 0 saturated heterocycles. The Bertz CT molecular complexity index is 747. The summed E-state index contributed by atoms with van der Waals surface area (Å²) in [6, 6.07) is 12.2. The zero-order valence-electron chi connectivity index (χ0n) is 12.1. The van der Waals surface area contributed by atoms with Crippen LogP contribution in [0, 0.1) is 0 Å². The summed E-state index contributed by atoms with van der Waals surface area (Å²) in [5.41, 5.74) is 3.99. The first-order valence-corrected chi connectivity index (χ1v) is 7.40. The highest BCUT2D eigenvalue weighted by Crippen LogP contribution is 2.22. The first-order chi connectivity index (χ1) is 10.2. The summed E-state index contributed by atoms with van der Waals surface area (Å²) in [4.78, 5) is 11.2. The smallest absolute Gasteiger partial charge is 0.164 e. The minimum Gasteiger partial charge on any atom is -0.378 e. The van der Waals surface area contributed by atoms with E-state index < -0.39 is 0 Å². The molecule has 5 heteroatoms. The molecule has 0 fully saturated rings. The normalized spacial score (nSPS) is 11.0. The van der Waals surface area contributed by atoms with Crippen LogP contribution in [0.1, 0.15) is 5.82 Å². The number of hydrogen-bond acceptors (Lipinski definition) is 3. The van der Waals surface area contributed by atoms with Gasteiger partial charge in [-0.3, -0.25) is 4.57 Å². The number of hydrogen-bond donors (Lipinski definition) is 0. The van der Waals surface area contributed by atoms with Gasteiger partial charge in [-0.2, -0.15) is 0 Å². The van der Waals surface area contributed by atoms with Crippen molar-refractivity contribution >= 4 is 28.5 Å². The topological polar surface area (TPSA) is 34.0 Å². The molecule has 4 nitrogen and oxygen atoms in total. The largest absolute Gasteiger partial charge is 0.378 e. The lowest BCUT2D eigenvalue weighted by atomic mass is 10.2. The van der Waals surface area contributed by atoms with Gasteiger partial charge in [0, 0.05) is 44.0 Å². The Morgan fingerprint density at radius 3 is 2.57 bits per heavy atom. The fourth-order valence-corrected chi connectivity index (χ4v) is 2.55. The van der Waals surface area contributed by atoms with Gasteiger partial charge in [0.05, 0.1) is 0 Å². The molecule has 0 aliphatic rings. The summed E-state index contributed by atoms with van der Waals surface area (Å²) in [6.45, 7) is 0. The summed E-state index contributed by atoms with van der Waals surface area (Å²) in [6.07, 6.45) is 2.51. The molecule has 3 aromatic rings. The molecule has 0 N–H and O–H groups in total. The molecule has 2 aromatic heterocycles. The van der Waals surface area contributed by atoms with Crippen LogP contribution in [0.3, 0.4) is 0 Å². The highest BCUT2D eigenvalue weighted by atomic mass is 35.5. The van der Waals surface area contributed by atoms with Crippen LogP contribution in [0.5, 0.6) is 0 Å².